The van der Waals surface area contributed by atoms with E-state index in [1.165, 1.54) is 25.8 Å². The predicted molar refractivity (Wildman–Crippen MR) is 82.0 cm³/mol. The Balaban J connectivity index is 2.28. The van der Waals surface area contributed by atoms with Gasteiger partial charge in [0.05, 0.1) is 22.8 Å². The molecule has 1 aromatic carbocycles. The lowest BCUT2D eigenvalue weighted by atomic mass is 10.2. The molecule has 1 saturated heterocycles. The Labute approximate surface area is 131 Å². The third-order valence-corrected chi connectivity index (χ3v) is 4.51. The number of carbonyl (C=O) groups is 2. The molecule has 1 heterocycles. The Morgan fingerprint density at radius 2 is 2.10 bits per heavy atom. The third kappa shape index (κ3) is 3.22. The predicted octanol–water partition coefficient (Wildman–Crippen LogP) is 3.39. The summed E-state index contributed by atoms with van der Waals surface area (Å²) in [6, 6.07) is 3.19. The van der Waals surface area contributed by atoms with Crippen LogP contribution in [-0.2, 0) is 9.59 Å². The molecule has 0 bridgehead atoms. The molecule has 4 nitrogen and oxygen atoms in total. The van der Waals surface area contributed by atoms with E-state index in [0.29, 0.717) is 34.4 Å². The van der Waals surface area contributed by atoms with Crippen molar-refractivity contribution in [2.45, 2.75) is 18.6 Å². The van der Waals surface area contributed by atoms with Crippen LogP contribution in [0, 0.1) is 0 Å². The lowest BCUT2D eigenvalue weighted by Crippen LogP contribution is -2.25. The smallest absolute Gasteiger partial charge is 0.228 e. The Bertz CT molecular complexity index is 565. The zero-order chi connectivity index (χ0) is 14.9. The molecule has 0 saturated carbocycles. The normalized spacial score (nSPS) is 18.5. The fraction of sp³-hybridized carbons (Fsp3) is 0.385. The molecule has 0 N–H and O–H groups in total. The zero-order valence-corrected chi connectivity index (χ0v) is 13.3. The molecule has 108 valence electrons. The monoisotopic (exact) mass is 333 g/mol. The van der Waals surface area contributed by atoms with Gasteiger partial charge in [-0.3, -0.25) is 9.59 Å². The van der Waals surface area contributed by atoms with E-state index in [9.17, 15) is 9.59 Å². The van der Waals surface area contributed by atoms with E-state index in [4.69, 9.17) is 27.9 Å². The van der Waals surface area contributed by atoms with Gasteiger partial charge in [0.15, 0.2) is 5.12 Å². The van der Waals surface area contributed by atoms with Crippen LogP contribution in [0.25, 0.3) is 0 Å². The molecule has 1 fully saturated rings. The summed E-state index contributed by atoms with van der Waals surface area (Å²) in [5, 5.41) is 0.738. The summed E-state index contributed by atoms with van der Waals surface area (Å²) in [7, 11) is 1.50. The zero-order valence-electron chi connectivity index (χ0n) is 11.0. The Kier molecular flexibility index (Phi) is 4.83. The van der Waals surface area contributed by atoms with Gasteiger partial charge in [-0.1, -0.05) is 35.0 Å². The van der Waals surface area contributed by atoms with Crippen LogP contribution in [0.15, 0.2) is 12.1 Å². The highest BCUT2D eigenvalue weighted by Crippen LogP contribution is 2.39. The van der Waals surface area contributed by atoms with Crippen LogP contribution in [0.3, 0.4) is 0 Å². The molecule has 0 spiro atoms. The lowest BCUT2D eigenvalue weighted by molar-refractivity contribution is -0.117. The number of benzene rings is 1. The molecule has 2 rings (SSSR count). The fourth-order valence-electron chi connectivity index (χ4n) is 2.10. The van der Waals surface area contributed by atoms with Crippen LogP contribution in [0.5, 0.6) is 5.75 Å². The molecule has 1 unspecified atom stereocenters. The number of thioether (sulfide) groups is 1. The van der Waals surface area contributed by atoms with Gasteiger partial charge in [0.1, 0.15) is 5.75 Å². The Hall–Kier alpha value is -0.910. The second kappa shape index (κ2) is 6.24. The number of hydrogen-bond acceptors (Lipinski definition) is 4. The van der Waals surface area contributed by atoms with E-state index in [-0.39, 0.29) is 16.3 Å². The van der Waals surface area contributed by atoms with Gasteiger partial charge >= 0.3 is 0 Å². The molecule has 1 atom stereocenters. The summed E-state index contributed by atoms with van der Waals surface area (Å²) in [5.41, 5.74) is 0.560. The maximum absolute atomic E-state index is 12.1. The molecule has 1 aliphatic rings. The number of methoxy groups -OCH3 is 1. The lowest BCUT2D eigenvalue weighted by Gasteiger charge is -2.19. The highest BCUT2D eigenvalue weighted by molar-refractivity contribution is 8.14. The number of rotatable bonds is 3. The van der Waals surface area contributed by atoms with Crippen molar-refractivity contribution in [1.29, 1.82) is 0 Å². The van der Waals surface area contributed by atoms with Crippen molar-refractivity contribution in [3.63, 3.8) is 0 Å². The number of ether oxygens (including phenoxy) is 1. The van der Waals surface area contributed by atoms with Crippen molar-refractivity contribution in [3.05, 3.63) is 22.2 Å². The van der Waals surface area contributed by atoms with Crippen LogP contribution in [0.2, 0.25) is 10.0 Å². The van der Waals surface area contributed by atoms with Gasteiger partial charge in [0.25, 0.3) is 0 Å². The van der Waals surface area contributed by atoms with Crippen molar-refractivity contribution in [2.75, 3.05) is 18.6 Å². The summed E-state index contributed by atoms with van der Waals surface area (Å²) < 4.78 is 5.14. The van der Waals surface area contributed by atoms with Crippen molar-refractivity contribution >= 4 is 51.7 Å². The quantitative estimate of drug-likeness (QED) is 0.850. The molecule has 0 aromatic heterocycles. The molecule has 1 aliphatic heterocycles. The minimum Gasteiger partial charge on any atom is -0.495 e. The average Bonchev–Trinajstić information content (AvgIpc) is 2.69. The number of halogens is 2. The van der Waals surface area contributed by atoms with Crippen molar-refractivity contribution in [1.82, 2.24) is 0 Å². The summed E-state index contributed by atoms with van der Waals surface area (Å²) in [6.45, 7) is 1.95. The van der Waals surface area contributed by atoms with E-state index < -0.39 is 0 Å². The molecule has 1 aromatic rings. The van der Waals surface area contributed by atoms with Gasteiger partial charge in [-0.2, -0.15) is 0 Å². The second-order valence-electron chi connectivity index (χ2n) is 4.38. The highest BCUT2D eigenvalue weighted by atomic mass is 35.5. The van der Waals surface area contributed by atoms with E-state index in [1.54, 1.807) is 17.0 Å². The largest absolute Gasteiger partial charge is 0.495 e. The van der Waals surface area contributed by atoms with Crippen molar-refractivity contribution in [3.8, 4) is 5.75 Å². The number of carbonyl (C=O) groups excluding carboxylic acids is 2. The number of amides is 1. The van der Waals surface area contributed by atoms with E-state index in [1.807, 2.05) is 0 Å². The maximum atomic E-state index is 12.1. The molecule has 0 aliphatic carbocycles. The second-order valence-corrected chi connectivity index (χ2v) is 6.67. The van der Waals surface area contributed by atoms with E-state index in [2.05, 4.69) is 0 Å². The molecule has 1 amide bonds. The summed E-state index contributed by atoms with van der Waals surface area (Å²) >= 11 is 13.3. The first-order chi connectivity index (χ1) is 9.42. The first-order valence-electron chi connectivity index (χ1n) is 5.93. The third-order valence-electron chi connectivity index (χ3n) is 2.93. The van der Waals surface area contributed by atoms with Crippen molar-refractivity contribution < 1.29 is 14.3 Å². The van der Waals surface area contributed by atoms with Gasteiger partial charge < -0.3 is 9.64 Å². The number of nitrogens with zero attached hydrogens (tertiary/aromatic N) is 1. The van der Waals surface area contributed by atoms with Gasteiger partial charge in [-0.05, 0) is 6.07 Å². The molecular formula is C13H13Cl2NO3S. The molecule has 0 radical (unpaired) electrons. The van der Waals surface area contributed by atoms with E-state index >= 15 is 0 Å². The van der Waals surface area contributed by atoms with Crippen LogP contribution in [0.4, 0.5) is 5.69 Å². The van der Waals surface area contributed by atoms with Crippen LogP contribution in [-0.4, -0.2) is 29.9 Å². The minimum absolute atomic E-state index is 0.00411. The molecular weight excluding hydrogens is 321 g/mol. The summed E-state index contributed by atoms with van der Waals surface area (Å²) in [6.07, 6.45) is 0.325. The fourth-order valence-corrected chi connectivity index (χ4v) is 3.58. The summed E-state index contributed by atoms with van der Waals surface area (Å²) in [4.78, 5) is 24.8. The van der Waals surface area contributed by atoms with Crippen molar-refractivity contribution in [2.24, 2.45) is 0 Å². The average molecular weight is 334 g/mol. The van der Waals surface area contributed by atoms with Crippen LogP contribution < -0.4 is 9.64 Å². The first-order valence-corrected chi connectivity index (χ1v) is 7.56. The van der Waals surface area contributed by atoms with Gasteiger partial charge in [0.2, 0.25) is 5.91 Å². The van der Waals surface area contributed by atoms with Gasteiger partial charge in [0, 0.05) is 31.2 Å². The maximum Gasteiger partial charge on any atom is 0.228 e. The highest BCUT2D eigenvalue weighted by Gasteiger charge is 2.33. The van der Waals surface area contributed by atoms with Gasteiger partial charge in [-0.25, -0.2) is 0 Å². The summed E-state index contributed by atoms with van der Waals surface area (Å²) in [5.74, 6) is 0.400. The number of anilines is 1. The topological polar surface area (TPSA) is 46.6 Å². The Morgan fingerprint density at radius 3 is 2.70 bits per heavy atom. The molecule has 20 heavy (non-hydrogen) atoms. The molecule has 7 heteroatoms. The van der Waals surface area contributed by atoms with Crippen LogP contribution in [0.1, 0.15) is 13.3 Å². The SMILES string of the molecule is COc1cc(N2CC(SC(C)=O)CC2=O)c(Cl)cc1Cl. The standard InChI is InChI=1S/C13H13Cl2NO3S/c1-7(17)20-8-3-13(18)16(6-8)11-5-12(19-2)10(15)4-9(11)14/h4-5,8H,3,6H2,1-2H3. The minimum atomic E-state index is -0.0602. The van der Waals surface area contributed by atoms with Crippen LogP contribution >= 0.6 is 35.0 Å². The Morgan fingerprint density at radius 1 is 1.40 bits per heavy atom. The van der Waals surface area contributed by atoms with Gasteiger partial charge in [-0.15, -0.1) is 0 Å². The number of hydrogen-bond donors (Lipinski definition) is 0. The first kappa shape index (κ1) is 15.5. The van der Waals surface area contributed by atoms with E-state index in [0.717, 1.165) is 0 Å².